The fraction of sp³-hybridized carbons (Fsp3) is 0.279. The van der Waals surface area contributed by atoms with Gasteiger partial charge in [0.25, 0.3) is 21.6 Å². The minimum absolute atomic E-state index is 0.208. The van der Waals surface area contributed by atoms with E-state index in [1.54, 1.807) is 0 Å². The van der Waals surface area contributed by atoms with E-state index in [-0.39, 0.29) is 22.6 Å². The van der Waals surface area contributed by atoms with Crippen molar-refractivity contribution < 1.29 is 75.3 Å². The predicted molar refractivity (Wildman–Crippen MR) is 394 cm³/mol. The van der Waals surface area contributed by atoms with Gasteiger partial charge in [-0.3, -0.25) is 0 Å². The maximum Gasteiger partial charge on any atom is 0.270 e. The third-order valence-corrected chi connectivity index (χ3v) is 22.5. The molecule has 103 heavy (non-hydrogen) atoms. The smallest absolute Gasteiger partial charge is 0.270 e. The lowest BCUT2D eigenvalue weighted by molar-refractivity contribution is -2.00. The third kappa shape index (κ3) is 15.1. The molecule has 0 spiro atoms. The molecule has 0 aliphatic carbocycles. The summed E-state index contributed by atoms with van der Waals surface area (Å²) in [6.07, 6.45) is 19.5. The summed E-state index contributed by atoms with van der Waals surface area (Å²) < 4.78 is 104. The van der Waals surface area contributed by atoms with Gasteiger partial charge in [-0.25, -0.2) is 45.7 Å². The van der Waals surface area contributed by atoms with Gasteiger partial charge in [-0.2, -0.15) is 9.15 Å². The first-order valence-corrected chi connectivity index (χ1v) is 39.4. The Balaban J connectivity index is 0.000000937. The molecule has 0 aromatic heterocycles. The quantitative estimate of drug-likeness (QED) is 0.0730. The number of allylic oxidation sites excluding steroid dienone is 8. The van der Waals surface area contributed by atoms with Gasteiger partial charge in [-0.15, -0.1) is 20.5 Å². The molecule has 14 nitrogen and oxygen atoms in total. The molecule has 0 amide bonds. The molecule has 0 saturated carbocycles. The number of rotatable bonds is 18. The van der Waals surface area contributed by atoms with E-state index in [1.807, 2.05) is 0 Å². The first-order valence-electron chi connectivity index (χ1n) is 35.1. The summed E-state index contributed by atoms with van der Waals surface area (Å²) in [5.74, 6) is -0.417. The summed E-state index contributed by atoms with van der Waals surface area (Å²) in [5, 5.41) is 9.60. The van der Waals surface area contributed by atoms with E-state index in [9.17, 15) is 0 Å². The van der Waals surface area contributed by atoms with Crippen LogP contribution in [0.5, 0.6) is 0 Å². The van der Waals surface area contributed by atoms with E-state index in [0.717, 1.165) is 107 Å². The van der Waals surface area contributed by atoms with Crippen LogP contribution < -0.4 is 47.1 Å². The average Bonchev–Trinajstić information content (AvgIpc) is 1.59. The van der Waals surface area contributed by atoms with E-state index in [1.165, 1.54) is 77.7 Å². The maximum atomic E-state index is 16.1. The predicted octanol–water partition coefficient (Wildman–Crippen LogP) is 10.7. The first-order chi connectivity index (χ1) is 48.8. The third-order valence-electron chi connectivity index (χ3n) is 21.2. The van der Waals surface area contributed by atoms with Gasteiger partial charge in [-0.05, 0) is 183 Å². The highest BCUT2D eigenvalue weighted by Gasteiger charge is 2.52. The van der Waals surface area contributed by atoms with Gasteiger partial charge in [-0.1, -0.05) is 208 Å². The van der Waals surface area contributed by atoms with Crippen LogP contribution in [0.15, 0.2) is 242 Å². The summed E-state index contributed by atoms with van der Waals surface area (Å²) >= 11 is 0. The van der Waals surface area contributed by atoms with Gasteiger partial charge in [0, 0.05) is 82.1 Å². The molecular weight excluding hydrogens is 1350 g/mol. The van der Waals surface area contributed by atoms with Crippen molar-refractivity contribution in [3.63, 3.8) is 0 Å². The highest BCUT2D eigenvalue weighted by Crippen LogP contribution is 2.55. The SMILES string of the molecule is CCCCN1C(=CC=CC2=[N+](CS(=O)(=O)C[N+]3=C(C=CC=C4N(CCCC)c5ccc6ccccc6c5C4(C)Cc4ccc(C)cc4)C(C)(C)c4c3ccc3ccccc43)c3ccc4ccccc4c3C2(C)C)C(C)(Cc2ccc(C)cc2)c2c1ccc1ccccc21.[O-][Cl+3]([O-])([O-])[O-].[O-][Cl+3]([O-])([O-])[O-]. The first kappa shape index (κ1) is 74.1. The van der Waals surface area contributed by atoms with Crippen molar-refractivity contribution in [2.24, 2.45) is 0 Å². The standard InChI is InChI=1S/C86H88N4O2S.2ClHO4/c1-11-13-53-87-73-51-47-65-27-17-21-31-69(65)81(73)85(9,55-61-41-37-59(3)38-42-61)77(87)35-23-33-75-83(5,6)79-67-29-19-15-25-63(67)45-49-71(79)89(75)57-93(91,92)58-90-72-50-46-64-26-16-20-30-68(64)80(72)84(7,8)76(90)34-24-36-78-86(10,56-62-43-39-60(4)40-44-62)82-70-32-22-18-28-66(70)48-52-74(82)88(78)54-14-12-2;2*2-1(3,4)5/h15-52H,11-14,53-58H2,1-10H3;2*(H,2,3,4,5)/q+2;;/p-2. The van der Waals surface area contributed by atoms with E-state index in [4.69, 9.17) is 37.3 Å². The molecule has 17 heteroatoms. The second kappa shape index (κ2) is 29.1. The van der Waals surface area contributed by atoms with Crippen molar-refractivity contribution in [1.82, 2.24) is 0 Å². The second-order valence-electron chi connectivity index (χ2n) is 29.2. The zero-order valence-corrected chi connectivity index (χ0v) is 62.4. The van der Waals surface area contributed by atoms with Crippen molar-refractivity contribution in [1.29, 1.82) is 0 Å². The van der Waals surface area contributed by atoms with Gasteiger partial charge in [0.2, 0.25) is 11.4 Å². The van der Waals surface area contributed by atoms with Crippen LogP contribution in [-0.4, -0.2) is 53.8 Å². The molecule has 532 valence electrons. The minimum atomic E-state index is -4.94. The van der Waals surface area contributed by atoms with Crippen LogP contribution in [-0.2, 0) is 44.3 Å². The van der Waals surface area contributed by atoms with Gasteiger partial charge in [0.05, 0.1) is 10.8 Å². The monoisotopic (exact) mass is 1440 g/mol. The maximum absolute atomic E-state index is 16.1. The molecule has 0 fully saturated rings. The van der Waals surface area contributed by atoms with Gasteiger partial charge >= 0.3 is 0 Å². The van der Waals surface area contributed by atoms with Crippen LogP contribution in [0.2, 0.25) is 0 Å². The number of aryl methyl sites for hydroxylation is 2. The summed E-state index contributed by atoms with van der Waals surface area (Å²) in [7, 11) is -13.8. The zero-order chi connectivity index (χ0) is 73.6. The Labute approximate surface area is 609 Å². The molecule has 0 bridgehead atoms. The Kier molecular flexibility index (Phi) is 20.9. The number of anilines is 2. The highest BCUT2D eigenvalue weighted by atomic mass is 35.7. The molecule has 4 heterocycles. The summed E-state index contributed by atoms with van der Waals surface area (Å²) in [4.78, 5) is 5.16. The number of hydrogen-bond acceptors (Lipinski definition) is 12. The zero-order valence-electron chi connectivity index (χ0n) is 60.0. The molecule has 0 saturated heterocycles. The lowest BCUT2D eigenvalue weighted by Crippen LogP contribution is -2.68. The van der Waals surface area contributed by atoms with Gasteiger partial charge in [0.1, 0.15) is 0 Å². The Morgan fingerprint density at radius 2 is 0.709 bits per heavy atom. The normalized spacial score (nSPS) is 19.1. The molecule has 4 aliphatic heterocycles. The van der Waals surface area contributed by atoms with E-state index in [0.29, 0.717) is 0 Å². The van der Waals surface area contributed by atoms with E-state index < -0.39 is 41.2 Å². The molecule has 0 radical (unpaired) electrons. The number of hydrogen-bond donors (Lipinski definition) is 0. The largest absolute Gasteiger partial charge is 0.344 e. The van der Waals surface area contributed by atoms with Crippen molar-refractivity contribution in [2.75, 3.05) is 34.6 Å². The van der Waals surface area contributed by atoms with Crippen LogP contribution in [0.3, 0.4) is 0 Å². The topological polar surface area (TPSA) is 231 Å². The fourth-order valence-corrected chi connectivity index (χ4v) is 18.2. The molecule has 10 aromatic carbocycles. The van der Waals surface area contributed by atoms with E-state index >= 15 is 8.42 Å². The molecular formula is C86H88Cl2N4O10S. The highest BCUT2D eigenvalue weighted by molar-refractivity contribution is 7.91. The van der Waals surface area contributed by atoms with Crippen molar-refractivity contribution in [3.05, 3.63) is 286 Å². The number of fused-ring (bicyclic) bond motifs is 12. The molecule has 4 aliphatic rings. The van der Waals surface area contributed by atoms with Crippen molar-refractivity contribution >= 4 is 87.1 Å². The van der Waals surface area contributed by atoms with Gasteiger partial charge < -0.3 is 9.80 Å². The summed E-state index contributed by atoms with van der Waals surface area (Å²) in [5.41, 5.74) is 17.0. The Bertz CT molecular complexity index is 4890. The molecule has 2 unspecified atom stereocenters. The lowest BCUT2D eigenvalue weighted by Gasteiger charge is -2.31. The lowest BCUT2D eigenvalue weighted by atomic mass is 9.74. The summed E-state index contributed by atoms with van der Waals surface area (Å²) in [6, 6.07) is 70.9. The number of sulfone groups is 1. The fourth-order valence-electron chi connectivity index (χ4n) is 16.7. The van der Waals surface area contributed by atoms with Crippen LogP contribution in [0.1, 0.15) is 126 Å². The molecule has 2 atom stereocenters. The van der Waals surface area contributed by atoms with Crippen LogP contribution in [0.25, 0.3) is 43.1 Å². The Morgan fingerprint density at radius 1 is 0.408 bits per heavy atom. The van der Waals surface area contributed by atoms with Gasteiger partial charge in [0.15, 0.2) is 11.4 Å². The number of unbranched alkanes of at least 4 members (excludes halogenated alkanes) is 2. The molecule has 14 rings (SSSR count). The second-order valence-corrected chi connectivity index (χ2v) is 32.7. The number of halogens is 2. The number of nitrogens with zero attached hydrogens (tertiary/aromatic N) is 4. The van der Waals surface area contributed by atoms with Crippen LogP contribution in [0.4, 0.5) is 22.7 Å². The Morgan fingerprint density at radius 3 is 1.03 bits per heavy atom. The minimum Gasteiger partial charge on any atom is -0.344 e. The molecule has 10 aromatic rings. The van der Waals surface area contributed by atoms with Crippen molar-refractivity contribution in [2.45, 2.75) is 129 Å². The van der Waals surface area contributed by atoms with E-state index in [2.05, 4.69) is 319 Å². The Hall–Kier alpha value is -8.65. The van der Waals surface area contributed by atoms with Crippen LogP contribution in [0, 0.1) is 34.3 Å². The number of benzene rings is 10. The van der Waals surface area contributed by atoms with Crippen molar-refractivity contribution in [3.8, 4) is 0 Å². The summed E-state index contributed by atoms with van der Waals surface area (Å²) in [6.45, 7) is 24.6. The molecule has 0 N–H and O–H groups in total. The van der Waals surface area contributed by atoms with Crippen LogP contribution >= 0.6 is 0 Å². The average molecular weight is 1440 g/mol.